The second-order valence-corrected chi connectivity index (χ2v) is 10.6. The molecule has 1 saturated heterocycles. The molecule has 0 amide bonds. The topological polar surface area (TPSA) is 32.3 Å². The molecule has 0 bridgehead atoms. The molecule has 0 saturated carbocycles. The van der Waals surface area contributed by atoms with Crippen molar-refractivity contribution in [2.45, 2.75) is 29.0 Å². The molecule has 35 heavy (non-hydrogen) atoms. The summed E-state index contributed by atoms with van der Waals surface area (Å²) in [6.45, 7) is 9.10. The molecule has 1 aromatic carbocycles. The summed E-state index contributed by atoms with van der Waals surface area (Å²) in [6.07, 6.45) is 9.54. The summed E-state index contributed by atoms with van der Waals surface area (Å²) in [6, 6.07) is 18.8. The zero-order chi connectivity index (χ0) is 23.4. The number of aromatic nitrogens is 2. The molecule has 3 aromatic rings. The highest BCUT2D eigenvalue weighted by molar-refractivity contribution is 7.99. The molecule has 0 atom stereocenters. The Bertz CT molecular complexity index is 1030. The van der Waals surface area contributed by atoms with Gasteiger partial charge in [0, 0.05) is 55.8 Å². The standard InChI is InChI=1S/C28H34N4S2.ClH/c1-24-26(23-34-28-12-5-6-14-30-28)29-15-13-27(24)33-22-8-17-32-20-18-31(19-21-32)16-7-11-25-9-3-2-4-10-25;/h2-7,9-15H,8,16-23H2,1H3;1H/b11-7+;. The number of pyridine rings is 2. The van der Waals surface area contributed by atoms with Crippen molar-refractivity contribution in [1.82, 2.24) is 19.8 Å². The minimum atomic E-state index is 0. The fraction of sp³-hybridized carbons (Fsp3) is 0.357. The van der Waals surface area contributed by atoms with Crippen molar-refractivity contribution in [2.24, 2.45) is 0 Å². The summed E-state index contributed by atoms with van der Waals surface area (Å²) in [4.78, 5) is 15.6. The number of thioether (sulfide) groups is 2. The maximum Gasteiger partial charge on any atom is 0.0963 e. The van der Waals surface area contributed by atoms with Crippen molar-refractivity contribution in [2.75, 3.05) is 45.0 Å². The molecule has 7 heteroatoms. The van der Waals surface area contributed by atoms with E-state index in [-0.39, 0.29) is 12.4 Å². The van der Waals surface area contributed by atoms with Crippen LogP contribution in [-0.4, -0.2) is 64.8 Å². The third kappa shape index (κ3) is 9.28. The Morgan fingerprint density at radius 3 is 2.40 bits per heavy atom. The van der Waals surface area contributed by atoms with Crippen LogP contribution >= 0.6 is 35.9 Å². The van der Waals surface area contributed by atoms with Crippen LogP contribution in [0.25, 0.3) is 6.08 Å². The summed E-state index contributed by atoms with van der Waals surface area (Å²) in [7, 11) is 0. The van der Waals surface area contributed by atoms with Gasteiger partial charge in [-0.2, -0.15) is 0 Å². The van der Waals surface area contributed by atoms with Gasteiger partial charge in [0.15, 0.2) is 0 Å². The minimum absolute atomic E-state index is 0. The van der Waals surface area contributed by atoms with Crippen LogP contribution in [0.1, 0.15) is 23.2 Å². The Balaban J connectivity index is 0.00000342. The minimum Gasteiger partial charge on any atom is -0.301 e. The van der Waals surface area contributed by atoms with Crippen LogP contribution in [0.3, 0.4) is 0 Å². The number of halogens is 1. The van der Waals surface area contributed by atoms with E-state index in [1.54, 1.807) is 11.8 Å². The Labute approximate surface area is 225 Å². The lowest BCUT2D eigenvalue weighted by Gasteiger charge is -2.34. The molecule has 0 spiro atoms. The van der Waals surface area contributed by atoms with E-state index in [1.165, 1.54) is 42.1 Å². The lowest BCUT2D eigenvalue weighted by molar-refractivity contribution is 0.143. The normalized spacial score (nSPS) is 14.8. The predicted octanol–water partition coefficient (Wildman–Crippen LogP) is 6.31. The summed E-state index contributed by atoms with van der Waals surface area (Å²) in [5.74, 6) is 2.01. The number of piperazine rings is 1. The van der Waals surface area contributed by atoms with Crippen molar-refractivity contribution < 1.29 is 0 Å². The van der Waals surface area contributed by atoms with E-state index in [0.717, 1.165) is 41.9 Å². The largest absolute Gasteiger partial charge is 0.301 e. The van der Waals surface area contributed by atoms with E-state index in [2.05, 4.69) is 81.3 Å². The quantitative estimate of drug-likeness (QED) is 0.215. The monoisotopic (exact) mass is 526 g/mol. The van der Waals surface area contributed by atoms with E-state index >= 15 is 0 Å². The SMILES string of the molecule is Cc1c(SCCCN2CCN(C/C=C/c3ccccc3)CC2)ccnc1CSc1ccccn1.Cl. The third-order valence-corrected chi connectivity index (χ3v) is 8.27. The third-order valence-electron chi connectivity index (χ3n) is 6.07. The second-order valence-electron chi connectivity index (χ2n) is 8.49. The first-order valence-corrected chi connectivity index (χ1v) is 14.0. The van der Waals surface area contributed by atoms with E-state index in [1.807, 2.05) is 36.3 Å². The molecule has 1 fully saturated rings. The van der Waals surface area contributed by atoms with Gasteiger partial charge < -0.3 is 4.90 Å². The predicted molar refractivity (Wildman–Crippen MR) is 154 cm³/mol. The first kappa shape index (κ1) is 27.8. The zero-order valence-electron chi connectivity index (χ0n) is 20.4. The lowest BCUT2D eigenvalue weighted by atomic mass is 10.2. The van der Waals surface area contributed by atoms with Gasteiger partial charge in [-0.05, 0) is 55.0 Å². The molecule has 1 aliphatic rings. The van der Waals surface area contributed by atoms with E-state index in [0.29, 0.717) is 0 Å². The molecule has 1 aliphatic heterocycles. The molecule has 186 valence electrons. The molecular formula is C28H35ClN4S2. The van der Waals surface area contributed by atoms with Gasteiger partial charge in [0.1, 0.15) is 0 Å². The van der Waals surface area contributed by atoms with Gasteiger partial charge >= 0.3 is 0 Å². The van der Waals surface area contributed by atoms with Gasteiger partial charge in [0.25, 0.3) is 0 Å². The summed E-state index contributed by atoms with van der Waals surface area (Å²) in [5.41, 5.74) is 3.76. The van der Waals surface area contributed by atoms with Gasteiger partial charge in [-0.3, -0.25) is 9.88 Å². The van der Waals surface area contributed by atoms with Crippen molar-refractivity contribution in [3.05, 3.63) is 89.9 Å². The Hall–Kier alpha value is -1.83. The highest BCUT2D eigenvalue weighted by atomic mass is 35.5. The highest BCUT2D eigenvalue weighted by Crippen LogP contribution is 2.28. The van der Waals surface area contributed by atoms with Crippen LogP contribution in [-0.2, 0) is 5.75 Å². The van der Waals surface area contributed by atoms with E-state index in [9.17, 15) is 0 Å². The zero-order valence-corrected chi connectivity index (χ0v) is 22.8. The molecule has 4 nitrogen and oxygen atoms in total. The number of hydrogen-bond donors (Lipinski definition) is 0. The number of nitrogens with zero attached hydrogens (tertiary/aromatic N) is 4. The van der Waals surface area contributed by atoms with Crippen molar-refractivity contribution in [3.8, 4) is 0 Å². The summed E-state index contributed by atoms with van der Waals surface area (Å²) < 4.78 is 0. The first-order chi connectivity index (χ1) is 16.8. The van der Waals surface area contributed by atoms with Crippen LogP contribution < -0.4 is 0 Å². The van der Waals surface area contributed by atoms with Gasteiger partial charge in [-0.25, -0.2) is 4.98 Å². The fourth-order valence-electron chi connectivity index (χ4n) is 4.00. The van der Waals surface area contributed by atoms with Gasteiger partial charge in [-0.1, -0.05) is 48.6 Å². The molecule has 0 radical (unpaired) electrons. The van der Waals surface area contributed by atoms with Crippen LogP contribution in [0.5, 0.6) is 0 Å². The smallest absolute Gasteiger partial charge is 0.0963 e. The van der Waals surface area contributed by atoms with Crippen molar-refractivity contribution >= 4 is 42.0 Å². The molecule has 0 unspecified atom stereocenters. The fourth-order valence-corrected chi connectivity index (χ4v) is 5.87. The van der Waals surface area contributed by atoms with Gasteiger partial charge in [-0.15, -0.1) is 35.9 Å². The second kappa shape index (κ2) is 15.3. The molecule has 2 aromatic heterocycles. The van der Waals surface area contributed by atoms with Crippen LogP contribution in [0.2, 0.25) is 0 Å². The number of benzene rings is 1. The highest BCUT2D eigenvalue weighted by Gasteiger charge is 2.15. The molecular weight excluding hydrogens is 492 g/mol. The van der Waals surface area contributed by atoms with E-state index in [4.69, 9.17) is 0 Å². The lowest BCUT2D eigenvalue weighted by Crippen LogP contribution is -2.46. The molecule has 0 N–H and O–H groups in total. The molecule has 0 aliphatic carbocycles. The average molecular weight is 527 g/mol. The Kier molecular flexibility index (Phi) is 12.1. The van der Waals surface area contributed by atoms with Gasteiger partial charge in [0.2, 0.25) is 0 Å². The Morgan fingerprint density at radius 2 is 1.63 bits per heavy atom. The number of hydrogen-bond acceptors (Lipinski definition) is 6. The summed E-state index contributed by atoms with van der Waals surface area (Å²) >= 11 is 3.72. The Morgan fingerprint density at radius 1 is 0.857 bits per heavy atom. The molecule has 3 heterocycles. The number of rotatable bonds is 11. The van der Waals surface area contributed by atoms with Crippen LogP contribution in [0.15, 0.2) is 83.0 Å². The van der Waals surface area contributed by atoms with Crippen molar-refractivity contribution in [1.29, 1.82) is 0 Å². The van der Waals surface area contributed by atoms with Gasteiger partial charge in [0.05, 0.1) is 10.7 Å². The molecule has 4 rings (SSSR count). The van der Waals surface area contributed by atoms with Crippen molar-refractivity contribution in [3.63, 3.8) is 0 Å². The van der Waals surface area contributed by atoms with Crippen LogP contribution in [0, 0.1) is 6.92 Å². The summed E-state index contributed by atoms with van der Waals surface area (Å²) in [5, 5.41) is 1.05. The average Bonchev–Trinajstić information content (AvgIpc) is 2.89. The maximum atomic E-state index is 4.62. The van der Waals surface area contributed by atoms with E-state index < -0.39 is 0 Å². The maximum absolute atomic E-state index is 4.62. The van der Waals surface area contributed by atoms with Crippen LogP contribution in [0.4, 0.5) is 0 Å². The first-order valence-electron chi connectivity index (χ1n) is 12.1.